The van der Waals surface area contributed by atoms with Crippen LogP contribution in [0.15, 0.2) is 42.5 Å². The van der Waals surface area contributed by atoms with Gasteiger partial charge in [-0.05, 0) is 43.3 Å². The van der Waals surface area contributed by atoms with Gasteiger partial charge in [-0.1, -0.05) is 17.7 Å². The Balaban J connectivity index is 1.90. The highest BCUT2D eigenvalue weighted by Gasteiger charge is 2.19. The Labute approximate surface area is 166 Å². The third-order valence-electron chi connectivity index (χ3n) is 3.97. The molecule has 3 rings (SSSR count). The van der Waals surface area contributed by atoms with E-state index in [4.69, 9.17) is 16.3 Å². The molecule has 0 saturated carbocycles. The fourth-order valence-corrected chi connectivity index (χ4v) is 2.76. The van der Waals surface area contributed by atoms with Gasteiger partial charge < -0.3 is 15.4 Å². The largest absolute Gasteiger partial charge is 0.495 e. The van der Waals surface area contributed by atoms with Crippen molar-refractivity contribution in [1.29, 1.82) is 0 Å². The van der Waals surface area contributed by atoms with Gasteiger partial charge in [0.05, 0.1) is 24.2 Å². The van der Waals surface area contributed by atoms with Crippen LogP contribution in [-0.2, 0) is 0 Å². The second kappa shape index (κ2) is 8.10. The van der Waals surface area contributed by atoms with Crippen molar-refractivity contribution in [3.8, 4) is 11.4 Å². The van der Waals surface area contributed by atoms with Crippen molar-refractivity contribution in [3.63, 3.8) is 0 Å². The second-order valence-electron chi connectivity index (χ2n) is 5.85. The lowest BCUT2D eigenvalue weighted by molar-refractivity contribution is 0.0961. The molecule has 0 fully saturated rings. The summed E-state index contributed by atoms with van der Waals surface area (Å²) in [6.07, 6.45) is 0. The van der Waals surface area contributed by atoms with Crippen molar-refractivity contribution >= 4 is 29.1 Å². The van der Waals surface area contributed by atoms with Gasteiger partial charge in [0.15, 0.2) is 5.69 Å². The maximum Gasteiger partial charge on any atom is 0.278 e. The number of hydrogen-bond donors (Lipinski definition) is 2. The summed E-state index contributed by atoms with van der Waals surface area (Å²) >= 11 is 6.00. The highest BCUT2D eigenvalue weighted by molar-refractivity contribution is 6.30. The van der Waals surface area contributed by atoms with Gasteiger partial charge in [0.1, 0.15) is 5.75 Å². The van der Waals surface area contributed by atoms with Crippen LogP contribution in [0.4, 0.5) is 5.69 Å². The van der Waals surface area contributed by atoms with Crippen molar-refractivity contribution in [1.82, 2.24) is 20.3 Å². The molecule has 2 amide bonds. The maximum atomic E-state index is 12.8. The monoisotopic (exact) mass is 399 g/mol. The van der Waals surface area contributed by atoms with Crippen LogP contribution in [0.1, 0.15) is 26.5 Å². The van der Waals surface area contributed by atoms with Crippen LogP contribution in [0, 0.1) is 6.92 Å². The second-order valence-corrected chi connectivity index (χ2v) is 6.29. The van der Waals surface area contributed by atoms with E-state index in [2.05, 4.69) is 20.8 Å². The van der Waals surface area contributed by atoms with Crippen LogP contribution in [-0.4, -0.2) is 41.0 Å². The first-order chi connectivity index (χ1) is 13.4. The van der Waals surface area contributed by atoms with Gasteiger partial charge in [0, 0.05) is 17.6 Å². The minimum atomic E-state index is -0.474. The molecule has 9 heteroatoms. The van der Waals surface area contributed by atoms with Gasteiger partial charge in [0.2, 0.25) is 0 Å². The summed E-state index contributed by atoms with van der Waals surface area (Å²) in [6.45, 7) is 1.68. The number of carbonyl (C=O) groups excluding carboxylic acids is 2. The molecule has 0 radical (unpaired) electrons. The van der Waals surface area contributed by atoms with Crippen LogP contribution in [0.2, 0.25) is 5.02 Å². The molecule has 2 N–H and O–H groups in total. The van der Waals surface area contributed by atoms with Gasteiger partial charge in [-0.3, -0.25) is 9.59 Å². The first-order valence-corrected chi connectivity index (χ1v) is 8.72. The number of amides is 2. The molecule has 0 atom stereocenters. The predicted molar refractivity (Wildman–Crippen MR) is 105 cm³/mol. The Hall–Kier alpha value is -3.39. The van der Waals surface area contributed by atoms with Gasteiger partial charge >= 0.3 is 0 Å². The van der Waals surface area contributed by atoms with E-state index >= 15 is 0 Å². The molecule has 144 valence electrons. The van der Waals surface area contributed by atoms with E-state index in [1.54, 1.807) is 43.3 Å². The van der Waals surface area contributed by atoms with E-state index in [1.165, 1.54) is 25.0 Å². The quantitative estimate of drug-likeness (QED) is 0.687. The molecule has 0 bridgehead atoms. The Morgan fingerprint density at radius 3 is 2.57 bits per heavy atom. The molecular weight excluding hydrogens is 382 g/mol. The molecule has 8 nitrogen and oxygen atoms in total. The number of nitrogens with zero attached hydrogens (tertiary/aromatic N) is 3. The minimum absolute atomic E-state index is 0.146. The fourth-order valence-electron chi connectivity index (χ4n) is 2.58. The normalized spacial score (nSPS) is 10.4. The number of methoxy groups -OCH3 is 1. The summed E-state index contributed by atoms with van der Waals surface area (Å²) in [5.41, 5.74) is 1.96. The van der Waals surface area contributed by atoms with Gasteiger partial charge in [0.25, 0.3) is 11.8 Å². The smallest absolute Gasteiger partial charge is 0.278 e. The molecule has 2 aromatic carbocycles. The Bertz CT molecular complexity index is 1050. The average Bonchev–Trinajstić information content (AvgIpc) is 3.09. The molecule has 0 spiro atoms. The Kier molecular flexibility index (Phi) is 5.60. The lowest BCUT2D eigenvalue weighted by Crippen LogP contribution is -2.19. The molecule has 3 aromatic rings. The van der Waals surface area contributed by atoms with E-state index in [0.29, 0.717) is 33.4 Å². The van der Waals surface area contributed by atoms with Gasteiger partial charge in [-0.25, -0.2) is 0 Å². The van der Waals surface area contributed by atoms with Crippen LogP contribution in [0.5, 0.6) is 5.75 Å². The number of aromatic nitrogens is 3. The Morgan fingerprint density at radius 1 is 1.11 bits per heavy atom. The predicted octanol–water partition coefficient (Wildman–Crippen LogP) is 2.85. The van der Waals surface area contributed by atoms with E-state index in [0.717, 1.165) is 0 Å². The topological polar surface area (TPSA) is 98.1 Å². The molecule has 0 unspecified atom stereocenters. The third-order valence-corrected chi connectivity index (χ3v) is 4.21. The SMILES string of the molecule is CNC(=O)c1ccc(OC)c(NC(=O)c2nn(-c3cccc(Cl)c3)nc2C)c1. The first-order valence-electron chi connectivity index (χ1n) is 8.34. The summed E-state index contributed by atoms with van der Waals surface area (Å²) in [4.78, 5) is 26.0. The zero-order valence-electron chi connectivity index (χ0n) is 15.5. The average molecular weight is 400 g/mol. The minimum Gasteiger partial charge on any atom is -0.495 e. The van der Waals surface area contributed by atoms with E-state index < -0.39 is 5.91 Å². The molecule has 0 aliphatic carbocycles. The van der Waals surface area contributed by atoms with Crippen molar-refractivity contribution in [2.24, 2.45) is 0 Å². The molecule has 1 heterocycles. The Morgan fingerprint density at radius 2 is 1.89 bits per heavy atom. The van der Waals surface area contributed by atoms with E-state index in [1.807, 2.05) is 0 Å². The summed E-state index contributed by atoms with van der Waals surface area (Å²) in [5, 5.41) is 14.3. The molecule has 28 heavy (non-hydrogen) atoms. The van der Waals surface area contributed by atoms with E-state index in [-0.39, 0.29) is 11.6 Å². The number of anilines is 1. The summed E-state index contributed by atoms with van der Waals surface area (Å²) in [6, 6.07) is 11.7. The highest BCUT2D eigenvalue weighted by atomic mass is 35.5. The zero-order chi connectivity index (χ0) is 20.3. The summed E-state index contributed by atoms with van der Waals surface area (Å²) in [5.74, 6) is -0.333. The molecule has 0 aliphatic rings. The third kappa shape index (κ3) is 3.96. The standard InChI is InChI=1S/C19H18ClN5O3/c1-11-17(24-25(23-11)14-6-4-5-13(20)10-14)19(27)22-15-9-12(18(26)21-2)7-8-16(15)28-3/h4-10H,1-3H3,(H,21,26)(H,22,27). The number of rotatable bonds is 5. The summed E-state index contributed by atoms with van der Waals surface area (Å²) < 4.78 is 5.27. The zero-order valence-corrected chi connectivity index (χ0v) is 16.2. The lowest BCUT2D eigenvalue weighted by Gasteiger charge is -2.11. The van der Waals surface area contributed by atoms with Crippen LogP contribution < -0.4 is 15.4 Å². The molecule has 0 aliphatic heterocycles. The number of hydrogen-bond acceptors (Lipinski definition) is 5. The van der Waals surface area contributed by atoms with Crippen LogP contribution in [0.25, 0.3) is 5.69 Å². The number of halogens is 1. The lowest BCUT2D eigenvalue weighted by atomic mass is 10.1. The molecular formula is C19H18ClN5O3. The van der Waals surface area contributed by atoms with Crippen LogP contribution in [0.3, 0.4) is 0 Å². The van der Waals surface area contributed by atoms with Gasteiger partial charge in [-0.2, -0.15) is 9.90 Å². The van der Waals surface area contributed by atoms with E-state index in [9.17, 15) is 9.59 Å². The van der Waals surface area contributed by atoms with Crippen molar-refractivity contribution < 1.29 is 14.3 Å². The van der Waals surface area contributed by atoms with Crippen molar-refractivity contribution in [2.45, 2.75) is 6.92 Å². The highest BCUT2D eigenvalue weighted by Crippen LogP contribution is 2.26. The summed E-state index contributed by atoms with van der Waals surface area (Å²) in [7, 11) is 3.01. The number of carbonyl (C=O) groups is 2. The maximum absolute atomic E-state index is 12.8. The van der Waals surface area contributed by atoms with Gasteiger partial charge in [-0.15, -0.1) is 5.10 Å². The van der Waals surface area contributed by atoms with Crippen molar-refractivity contribution in [2.75, 3.05) is 19.5 Å². The first kappa shape index (κ1) is 19.4. The van der Waals surface area contributed by atoms with Crippen molar-refractivity contribution in [3.05, 3.63) is 64.4 Å². The number of aryl methyl sites for hydroxylation is 1. The number of ether oxygens (including phenoxy) is 1. The number of nitrogens with one attached hydrogen (secondary N) is 2. The molecule has 0 saturated heterocycles. The van der Waals surface area contributed by atoms with Crippen LogP contribution >= 0.6 is 11.6 Å². The number of benzene rings is 2. The fraction of sp³-hybridized carbons (Fsp3) is 0.158. The molecule has 1 aromatic heterocycles.